The molecule has 0 fully saturated rings. The fraction of sp³-hybridized carbons (Fsp3) is 0.0769. The van der Waals surface area contributed by atoms with Gasteiger partial charge in [-0.25, -0.2) is 0 Å². The highest BCUT2D eigenvalue weighted by Crippen LogP contribution is 2.62. The molecule has 186 valence electrons. The number of benzene rings is 6. The first kappa shape index (κ1) is 23.4. The first-order valence-electron chi connectivity index (χ1n) is 13.7. The molecule has 0 aromatic heterocycles. The van der Waals surface area contributed by atoms with E-state index in [-0.39, 0.29) is 5.41 Å². The second kappa shape index (κ2) is 9.26. The Bertz CT molecular complexity index is 1760. The van der Waals surface area contributed by atoms with Crippen LogP contribution in [0.1, 0.15) is 33.4 Å². The first-order valence-corrected chi connectivity index (χ1v) is 13.7. The highest BCUT2D eigenvalue weighted by Gasteiger charge is 2.51. The zero-order valence-corrected chi connectivity index (χ0v) is 22.4. The summed E-state index contributed by atoms with van der Waals surface area (Å²) in [5.74, 6) is 0. The van der Waals surface area contributed by atoms with Gasteiger partial charge in [-0.3, -0.25) is 0 Å². The number of aryl methyl sites for hydroxylation is 2. The summed E-state index contributed by atoms with van der Waals surface area (Å²) >= 11 is 0. The lowest BCUT2D eigenvalue weighted by Crippen LogP contribution is -2.25. The molecule has 0 saturated heterocycles. The summed E-state index contributed by atoms with van der Waals surface area (Å²) in [5, 5.41) is 0. The average molecular weight is 499 g/mol. The van der Waals surface area contributed by atoms with Gasteiger partial charge in [0.15, 0.2) is 0 Å². The minimum Gasteiger partial charge on any atom is -0.0622 e. The van der Waals surface area contributed by atoms with Crippen molar-refractivity contribution < 1.29 is 0 Å². The number of rotatable bonds is 1. The highest BCUT2D eigenvalue weighted by molar-refractivity contribution is 5.95. The second-order valence-corrected chi connectivity index (χ2v) is 10.6. The maximum atomic E-state index is 2.33. The molecule has 0 N–H and O–H groups in total. The fourth-order valence-electron chi connectivity index (χ4n) is 6.70. The monoisotopic (exact) mass is 498 g/mol. The van der Waals surface area contributed by atoms with Crippen LogP contribution in [0.25, 0.3) is 33.4 Å². The van der Waals surface area contributed by atoms with Crippen LogP contribution in [0.15, 0.2) is 146 Å². The van der Waals surface area contributed by atoms with E-state index >= 15 is 0 Å². The van der Waals surface area contributed by atoms with Crippen LogP contribution >= 0.6 is 0 Å². The minimum absolute atomic E-state index is 0.189. The zero-order chi connectivity index (χ0) is 26.4. The van der Waals surface area contributed by atoms with Crippen molar-refractivity contribution in [3.05, 3.63) is 179 Å². The normalized spacial score (nSPS) is 13.1. The van der Waals surface area contributed by atoms with Crippen LogP contribution in [0.3, 0.4) is 0 Å². The summed E-state index contributed by atoms with van der Waals surface area (Å²) in [5.41, 5.74) is 16.2. The summed E-state index contributed by atoms with van der Waals surface area (Å²) in [7, 11) is 0. The maximum absolute atomic E-state index is 2.33. The fourth-order valence-corrected chi connectivity index (χ4v) is 6.70. The second-order valence-electron chi connectivity index (χ2n) is 10.6. The summed E-state index contributed by atoms with van der Waals surface area (Å²) in [4.78, 5) is 0. The molecule has 6 aromatic carbocycles. The van der Waals surface area contributed by atoms with Crippen LogP contribution in [0, 0.1) is 13.8 Å². The Morgan fingerprint density at radius 3 is 1.44 bits per heavy atom. The minimum atomic E-state index is -0.189. The van der Waals surface area contributed by atoms with Gasteiger partial charge in [0, 0.05) is 0 Å². The molecule has 0 aliphatic heterocycles. The molecule has 0 heteroatoms. The predicted molar refractivity (Wildman–Crippen MR) is 164 cm³/mol. The summed E-state index contributed by atoms with van der Waals surface area (Å²) in [6, 6.07) is 52.7. The standard InChI is InChI=1S/C26H18.C13H12/c1-17-9-8-16-24-25(17)20-12-4-7-15-23(20)26(24)21-13-5-2-10-18(21)19-11-3-6-14-22(19)26;1-11-7-9-13(10-8-11)12-5-3-2-4-6-12/h2-16H,1H3;2-10H,1H3. The molecule has 0 bridgehead atoms. The molecule has 2 aliphatic carbocycles. The molecule has 0 saturated carbocycles. The third kappa shape index (κ3) is 3.52. The van der Waals surface area contributed by atoms with E-state index in [1.54, 1.807) is 0 Å². The lowest BCUT2D eigenvalue weighted by molar-refractivity contribution is 0.793. The van der Waals surface area contributed by atoms with Crippen molar-refractivity contribution in [1.82, 2.24) is 0 Å². The third-order valence-electron chi connectivity index (χ3n) is 8.39. The molecule has 0 unspecified atom stereocenters. The van der Waals surface area contributed by atoms with E-state index in [2.05, 4.69) is 153 Å². The Labute approximate surface area is 231 Å². The molecular formula is C39H30. The molecule has 0 heterocycles. The van der Waals surface area contributed by atoms with Gasteiger partial charge in [0.2, 0.25) is 0 Å². The highest BCUT2D eigenvalue weighted by atomic mass is 14.5. The van der Waals surface area contributed by atoms with Gasteiger partial charge >= 0.3 is 0 Å². The third-order valence-corrected chi connectivity index (χ3v) is 8.39. The zero-order valence-electron chi connectivity index (χ0n) is 22.4. The van der Waals surface area contributed by atoms with Crippen molar-refractivity contribution in [3.63, 3.8) is 0 Å². The first-order chi connectivity index (χ1) is 19.2. The van der Waals surface area contributed by atoms with Crippen LogP contribution in [-0.2, 0) is 5.41 Å². The van der Waals surface area contributed by atoms with Crippen molar-refractivity contribution in [1.29, 1.82) is 0 Å². The van der Waals surface area contributed by atoms with Crippen LogP contribution in [0.5, 0.6) is 0 Å². The van der Waals surface area contributed by atoms with Gasteiger partial charge in [0.25, 0.3) is 0 Å². The van der Waals surface area contributed by atoms with E-state index in [0.29, 0.717) is 0 Å². The molecule has 0 nitrogen and oxygen atoms in total. The molecule has 0 atom stereocenters. The smallest absolute Gasteiger partial charge is 0.0622 e. The van der Waals surface area contributed by atoms with Gasteiger partial charge in [0.05, 0.1) is 5.41 Å². The van der Waals surface area contributed by atoms with Gasteiger partial charge in [0.1, 0.15) is 0 Å². The summed E-state index contributed by atoms with van der Waals surface area (Å²) in [6.45, 7) is 4.34. The number of hydrogen-bond donors (Lipinski definition) is 0. The topological polar surface area (TPSA) is 0 Å². The molecule has 39 heavy (non-hydrogen) atoms. The van der Waals surface area contributed by atoms with E-state index in [0.717, 1.165) is 0 Å². The number of fused-ring (bicyclic) bond motifs is 10. The molecule has 1 spiro atoms. The van der Waals surface area contributed by atoms with E-state index in [9.17, 15) is 0 Å². The van der Waals surface area contributed by atoms with Crippen molar-refractivity contribution in [2.45, 2.75) is 19.3 Å². The summed E-state index contributed by atoms with van der Waals surface area (Å²) in [6.07, 6.45) is 0. The lowest BCUT2D eigenvalue weighted by Gasteiger charge is -2.30. The Morgan fingerprint density at radius 2 is 0.821 bits per heavy atom. The van der Waals surface area contributed by atoms with Crippen molar-refractivity contribution >= 4 is 0 Å². The Balaban J connectivity index is 0.000000164. The van der Waals surface area contributed by atoms with Crippen LogP contribution < -0.4 is 0 Å². The Morgan fingerprint density at radius 1 is 0.359 bits per heavy atom. The molecule has 0 radical (unpaired) electrons. The van der Waals surface area contributed by atoms with Gasteiger partial charge in [-0.1, -0.05) is 151 Å². The molecular weight excluding hydrogens is 468 g/mol. The SMILES string of the molecule is Cc1ccc(-c2ccccc2)cc1.Cc1cccc2c1-c1ccccc1C21c2ccccc2-c2ccccc21. The van der Waals surface area contributed by atoms with E-state index in [4.69, 9.17) is 0 Å². The van der Waals surface area contributed by atoms with Gasteiger partial charge in [-0.15, -0.1) is 0 Å². The van der Waals surface area contributed by atoms with Crippen molar-refractivity contribution in [2.75, 3.05) is 0 Å². The average Bonchev–Trinajstić information content (AvgIpc) is 3.47. The molecule has 0 amide bonds. The largest absolute Gasteiger partial charge is 0.0725 e. The Hall–Kier alpha value is -4.68. The van der Waals surface area contributed by atoms with Gasteiger partial charge < -0.3 is 0 Å². The van der Waals surface area contributed by atoms with Gasteiger partial charge in [-0.2, -0.15) is 0 Å². The van der Waals surface area contributed by atoms with Crippen LogP contribution in [-0.4, -0.2) is 0 Å². The summed E-state index contributed by atoms with van der Waals surface area (Å²) < 4.78 is 0. The van der Waals surface area contributed by atoms with Crippen molar-refractivity contribution in [2.24, 2.45) is 0 Å². The molecule has 8 rings (SSSR count). The molecule has 2 aliphatic rings. The predicted octanol–water partition coefficient (Wildman–Crippen LogP) is 10.0. The van der Waals surface area contributed by atoms with E-state index < -0.39 is 0 Å². The van der Waals surface area contributed by atoms with Gasteiger partial charge in [-0.05, 0) is 75.0 Å². The van der Waals surface area contributed by atoms with E-state index in [1.807, 2.05) is 6.07 Å². The Kier molecular flexibility index (Phi) is 5.56. The van der Waals surface area contributed by atoms with Crippen LogP contribution in [0.2, 0.25) is 0 Å². The quantitative estimate of drug-likeness (QED) is 0.211. The van der Waals surface area contributed by atoms with Crippen molar-refractivity contribution in [3.8, 4) is 33.4 Å². The molecule has 6 aromatic rings. The lowest BCUT2D eigenvalue weighted by atomic mass is 9.70. The van der Waals surface area contributed by atoms with E-state index in [1.165, 1.54) is 66.8 Å². The van der Waals surface area contributed by atoms with Crippen LogP contribution in [0.4, 0.5) is 0 Å². The maximum Gasteiger partial charge on any atom is 0.0725 e. The number of hydrogen-bond acceptors (Lipinski definition) is 0.